The molecule has 0 atom stereocenters. The second-order valence-corrected chi connectivity index (χ2v) is 2.87. The molecule has 16 heavy (non-hydrogen) atoms. The van der Waals surface area contributed by atoms with Crippen LogP contribution in [0.15, 0.2) is 36.9 Å². The van der Waals surface area contributed by atoms with Crippen molar-refractivity contribution in [2.24, 2.45) is 0 Å². The van der Waals surface area contributed by atoms with Crippen molar-refractivity contribution in [2.75, 3.05) is 0 Å². The van der Waals surface area contributed by atoms with E-state index in [9.17, 15) is 14.4 Å². The van der Waals surface area contributed by atoms with E-state index in [1.165, 1.54) is 0 Å². The average molecular weight is 219 g/mol. The van der Waals surface area contributed by atoms with Crippen molar-refractivity contribution in [2.45, 2.75) is 0 Å². The highest BCUT2D eigenvalue weighted by Crippen LogP contribution is 2.13. The molecule has 5 nitrogen and oxygen atoms in total. The molecule has 2 N–H and O–H groups in total. The Morgan fingerprint density at radius 3 is 1.88 bits per heavy atom. The largest absolute Gasteiger partial charge is 0.478 e. The molecule has 0 fully saturated rings. The van der Waals surface area contributed by atoms with Gasteiger partial charge in [0.25, 0.3) is 11.8 Å². The summed E-state index contributed by atoms with van der Waals surface area (Å²) in [4.78, 5) is 31.1. The Morgan fingerprint density at radius 1 is 1.19 bits per heavy atom. The number of aliphatic carboxylic acids is 1. The summed E-state index contributed by atoms with van der Waals surface area (Å²) in [6.45, 7) is 2.96. The Hall–Kier alpha value is -2.43. The number of carboxylic acids is 1. The van der Waals surface area contributed by atoms with Crippen LogP contribution in [-0.4, -0.2) is 22.9 Å². The first-order chi connectivity index (χ1) is 7.56. The molecule has 0 radical (unpaired) electrons. The predicted octanol–water partition coefficient (Wildman–Crippen LogP) is 0.827. The van der Waals surface area contributed by atoms with Crippen LogP contribution in [0.1, 0.15) is 20.7 Å². The summed E-state index contributed by atoms with van der Waals surface area (Å²) in [6.07, 6.45) is 0.833. The average Bonchev–Trinajstić information content (AvgIpc) is 2.56. The van der Waals surface area contributed by atoms with Crippen molar-refractivity contribution in [3.63, 3.8) is 0 Å². The molecule has 0 unspecified atom stereocenters. The minimum absolute atomic E-state index is 0.300. The number of benzene rings is 1. The Labute approximate surface area is 91.4 Å². The minimum atomic E-state index is -0.981. The summed E-state index contributed by atoms with van der Waals surface area (Å²) in [5.41, 5.74) is 0.940. The first-order valence-corrected chi connectivity index (χ1v) is 4.36. The molecule has 82 valence electrons. The molecular formula is C11H9NO4. The van der Waals surface area contributed by atoms with E-state index in [0.717, 1.165) is 6.08 Å². The number of carboxylic acid groups (broad SMARTS) is 1. The number of amides is 2. The van der Waals surface area contributed by atoms with Crippen LogP contribution in [0.4, 0.5) is 0 Å². The van der Waals surface area contributed by atoms with Gasteiger partial charge in [-0.2, -0.15) is 0 Å². The summed E-state index contributed by atoms with van der Waals surface area (Å²) in [7, 11) is 0. The molecule has 0 saturated heterocycles. The number of hydrogen-bond donors (Lipinski definition) is 2. The van der Waals surface area contributed by atoms with E-state index in [0.29, 0.717) is 11.1 Å². The van der Waals surface area contributed by atoms with E-state index in [1.807, 2.05) is 0 Å². The third-order valence-electron chi connectivity index (χ3n) is 1.82. The molecule has 0 aliphatic carbocycles. The van der Waals surface area contributed by atoms with Crippen molar-refractivity contribution >= 4 is 17.8 Å². The highest BCUT2D eigenvalue weighted by atomic mass is 16.4. The highest BCUT2D eigenvalue weighted by molar-refractivity contribution is 6.21. The van der Waals surface area contributed by atoms with Gasteiger partial charge in [0.15, 0.2) is 0 Å². The molecule has 5 heteroatoms. The van der Waals surface area contributed by atoms with Crippen LogP contribution in [0.5, 0.6) is 0 Å². The fraction of sp³-hybridized carbons (Fsp3) is 0. The fourth-order valence-corrected chi connectivity index (χ4v) is 1.12. The zero-order valence-electron chi connectivity index (χ0n) is 8.27. The maximum absolute atomic E-state index is 10.9. The Bertz CT molecular complexity index is 432. The van der Waals surface area contributed by atoms with Gasteiger partial charge in [0.1, 0.15) is 0 Å². The van der Waals surface area contributed by atoms with E-state index >= 15 is 0 Å². The van der Waals surface area contributed by atoms with Crippen LogP contribution in [0, 0.1) is 0 Å². The molecule has 2 amide bonds. The molecule has 1 heterocycles. The van der Waals surface area contributed by atoms with Gasteiger partial charge in [0, 0.05) is 6.08 Å². The van der Waals surface area contributed by atoms with Crippen LogP contribution in [-0.2, 0) is 4.79 Å². The maximum atomic E-state index is 10.9. The van der Waals surface area contributed by atoms with Crippen molar-refractivity contribution < 1.29 is 19.5 Å². The molecule has 0 aromatic heterocycles. The fourth-order valence-electron chi connectivity index (χ4n) is 1.12. The van der Waals surface area contributed by atoms with E-state index in [2.05, 4.69) is 11.9 Å². The van der Waals surface area contributed by atoms with E-state index in [-0.39, 0.29) is 11.8 Å². The predicted molar refractivity (Wildman–Crippen MR) is 56.1 cm³/mol. The summed E-state index contributed by atoms with van der Waals surface area (Å²) in [6, 6.07) is 6.74. The van der Waals surface area contributed by atoms with E-state index in [1.54, 1.807) is 24.3 Å². The lowest BCUT2D eigenvalue weighted by molar-refractivity contribution is -0.131. The number of nitrogens with one attached hydrogen (secondary N) is 1. The first kappa shape index (κ1) is 11.6. The molecule has 1 aliphatic rings. The van der Waals surface area contributed by atoms with Gasteiger partial charge in [-0.1, -0.05) is 18.7 Å². The van der Waals surface area contributed by atoms with E-state index in [4.69, 9.17) is 5.11 Å². The van der Waals surface area contributed by atoms with Gasteiger partial charge in [-0.05, 0) is 12.1 Å². The monoisotopic (exact) mass is 219 g/mol. The molecule has 0 spiro atoms. The topological polar surface area (TPSA) is 83.5 Å². The second-order valence-electron chi connectivity index (χ2n) is 2.87. The highest BCUT2D eigenvalue weighted by Gasteiger charge is 2.25. The van der Waals surface area contributed by atoms with Gasteiger partial charge >= 0.3 is 5.97 Å². The van der Waals surface area contributed by atoms with Crippen LogP contribution >= 0.6 is 0 Å². The Morgan fingerprint density at radius 2 is 1.56 bits per heavy atom. The number of hydrogen-bond acceptors (Lipinski definition) is 3. The number of rotatable bonds is 1. The minimum Gasteiger partial charge on any atom is -0.478 e. The molecule has 2 rings (SSSR count). The third kappa shape index (κ3) is 2.54. The molecule has 1 aromatic rings. The smallest absolute Gasteiger partial charge is 0.327 e. The molecule has 0 bridgehead atoms. The zero-order chi connectivity index (χ0) is 12.1. The quantitative estimate of drug-likeness (QED) is 0.541. The number of carbonyl (C=O) groups is 3. The lowest BCUT2D eigenvalue weighted by atomic mass is 10.1. The zero-order valence-corrected chi connectivity index (χ0v) is 8.27. The number of carbonyl (C=O) groups excluding carboxylic acids is 2. The summed E-state index contributed by atoms with van der Waals surface area (Å²) >= 11 is 0. The van der Waals surface area contributed by atoms with E-state index < -0.39 is 5.97 Å². The molecule has 1 aromatic carbocycles. The normalized spacial score (nSPS) is 12.0. The van der Waals surface area contributed by atoms with Gasteiger partial charge in [0.2, 0.25) is 0 Å². The van der Waals surface area contributed by atoms with Crippen molar-refractivity contribution in [3.05, 3.63) is 48.0 Å². The van der Waals surface area contributed by atoms with Crippen LogP contribution < -0.4 is 5.32 Å². The molecular weight excluding hydrogens is 210 g/mol. The van der Waals surface area contributed by atoms with Gasteiger partial charge in [-0.15, -0.1) is 0 Å². The van der Waals surface area contributed by atoms with Crippen LogP contribution in [0.25, 0.3) is 0 Å². The number of fused-ring (bicyclic) bond motifs is 1. The van der Waals surface area contributed by atoms with Crippen molar-refractivity contribution in [1.82, 2.24) is 5.32 Å². The Kier molecular flexibility index (Phi) is 3.55. The summed E-state index contributed by atoms with van der Waals surface area (Å²) in [5, 5.41) is 9.81. The van der Waals surface area contributed by atoms with Gasteiger partial charge in [0.05, 0.1) is 11.1 Å². The van der Waals surface area contributed by atoms with Crippen LogP contribution in [0.3, 0.4) is 0 Å². The summed E-state index contributed by atoms with van der Waals surface area (Å²) in [5.74, 6) is -1.58. The van der Waals surface area contributed by atoms with Gasteiger partial charge in [-0.3, -0.25) is 14.9 Å². The molecule has 1 aliphatic heterocycles. The molecule has 0 saturated carbocycles. The second kappa shape index (κ2) is 4.88. The lowest BCUT2D eigenvalue weighted by Gasteiger charge is -1.88. The summed E-state index contributed by atoms with van der Waals surface area (Å²) < 4.78 is 0. The Balaban J connectivity index is 0.000000221. The van der Waals surface area contributed by atoms with Crippen molar-refractivity contribution in [3.8, 4) is 0 Å². The standard InChI is InChI=1S/C8H5NO2.C3H4O2/c10-7-5-3-1-2-4-6(5)8(11)9-7;1-2-3(4)5/h1-4H,(H,9,10,11);2H,1H2,(H,4,5). The third-order valence-corrected chi connectivity index (χ3v) is 1.82. The van der Waals surface area contributed by atoms with Gasteiger partial charge in [-0.25, -0.2) is 4.79 Å². The van der Waals surface area contributed by atoms with Crippen molar-refractivity contribution in [1.29, 1.82) is 0 Å². The van der Waals surface area contributed by atoms with Gasteiger partial charge < -0.3 is 5.11 Å². The number of imide groups is 1. The lowest BCUT2D eigenvalue weighted by Crippen LogP contribution is -2.19. The van der Waals surface area contributed by atoms with Crippen LogP contribution in [0.2, 0.25) is 0 Å². The SMILES string of the molecule is C=CC(=O)O.O=C1NC(=O)c2ccccc21. The maximum Gasteiger partial charge on any atom is 0.327 e. The first-order valence-electron chi connectivity index (χ1n) is 4.36.